The number of hydrogen-bond donors (Lipinski definition) is 2. The van der Waals surface area contributed by atoms with Crippen molar-refractivity contribution in [1.82, 2.24) is 24.8 Å². The van der Waals surface area contributed by atoms with Crippen molar-refractivity contribution in [2.75, 3.05) is 57.0 Å². The fourth-order valence-electron chi connectivity index (χ4n) is 3.18. The Balaban J connectivity index is 1.42. The molecule has 1 saturated heterocycles. The van der Waals surface area contributed by atoms with Crippen molar-refractivity contribution < 1.29 is 22.3 Å². The van der Waals surface area contributed by atoms with E-state index in [-0.39, 0.29) is 24.3 Å². The van der Waals surface area contributed by atoms with Gasteiger partial charge in [0.25, 0.3) is 0 Å². The summed E-state index contributed by atoms with van der Waals surface area (Å²) in [5.74, 6) is 0.555. The van der Waals surface area contributed by atoms with Crippen LogP contribution in [0.2, 0.25) is 0 Å². The molecule has 0 saturated carbocycles. The lowest BCUT2D eigenvalue weighted by Gasteiger charge is -2.34. The van der Waals surface area contributed by atoms with Crippen molar-refractivity contribution in [1.29, 1.82) is 0 Å². The monoisotopic (exact) mass is 443 g/mol. The van der Waals surface area contributed by atoms with E-state index in [1.807, 2.05) is 0 Å². The van der Waals surface area contributed by atoms with Gasteiger partial charge in [0.1, 0.15) is 18.2 Å². The quantitative estimate of drug-likeness (QED) is 0.451. The van der Waals surface area contributed by atoms with E-state index in [9.17, 15) is 17.6 Å². The van der Waals surface area contributed by atoms with Crippen molar-refractivity contribution in [3.63, 3.8) is 0 Å². The van der Waals surface area contributed by atoms with Gasteiger partial charge in [-0.25, -0.2) is 4.39 Å². The molecule has 0 amide bonds. The lowest BCUT2D eigenvalue weighted by Crippen LogP contribution is -2.46. The van der Waals surface area contributed by atoms with Crippen LogP contribution in [0.3, 0.4) is 0 Å². The molecule has 12 heteroatoms. The van der Waals surface area contributed by atoms with E-state index in [4.69, 9.17) is 5.73 Å². The van der Waals surface area contributed by atoms with Gasteiger partial charge in [0, 0.05) is 45.0 Å². The maximum atomic E-state index is 13.0. The molecule has 31 heavy (non-hydrogen) atoms. The van der Waals surface area contributed by atoms with Gasteiger partial charge < -0.3 is 20.7 Å². The highest BCUT2D eigenvalue weighted by molar-refractivity contribution is 5.53. The molecular weight excluding hydrogens is 418 g/mol. The first-order valence-electron chi connectivity index (χ1n) is 9.89. The van der Waals surface area contributed by atoms with Gasteiger partial charge in [-0.3, -0.25) is 4.90 Å². The molecule has 170 valence electrons. The second-order valence-electron chi connectivity index (χ2n) is 7.20. The smallest absolute Gasteiger partial charge is 0.372 e. The molecule has 3 N–H and O–H groups in total. The standard InChI is InChI=1S/C19H25F4N7O/c20-14-2-4-15(5-3-14)25-18-27-16(26-17(24)28-18)12-30-9-7-29(8-10-30)6-1-11-31-13-19(21,22)23/h2-5H,1,6-13H2,(H3,24,25,26,27,28). The summed E-state index contributed by atoms with van der Waals surface area (Å²) in [6, 6.07) is 5.80. The van der Waals surface area contributed by atoms with Crippen LogP contribution in [0.25, 0.3) is 0 Å². The van der Waals surface area contributed by atoms with Crippen LogP contribution in [0.15, 0.2) is 24.3 Å². The Hall–Kier alpha value is -2.57. The zero-order chi connectivity index (χ0) is 22.3. The van der Waals surface area contributed by atoms with E-state index in [0.717, 1.165) is 26.2 Å². The molecular formula is C19H25F4N7O. The van der Waals surface area contributed by atoms with Crippen molar-refractivity contribution in [3.8, 4) is 0 Å². The van der Waals surface area contributed by atoms with Crippen LogP contribution < -0.4 is 11.1 Å². The normalized spacial score (nSPS) is 15.9. The largest absolute Gasteiger partial charge is 0.411 e. The summed E-state index contributed by atoms with van der Waals surface area (Å²) in [5.41, 5.74) is 6.43. The Morgan fingerprint density at radius 2 is 1.68 bits per heavy atom. The third kappa shape index (κ3) is 8.23. The number of nitrogen functional groups attached to an aromatic ring is 1. The van der Waals surface area contributed by atoms with Gasteiger partial charge in [0.05, 0.1) is 6.54 Å². The number of aromatic nitrogens is 3. The first kappa shape index (κ1) is 23.1. The molecule has 8 nitrogen and oxygen atoms in total. The van der Waals surface area contributed by atoms with E-state index in [0.29, 0.717) is 31.0 Å². The van der Waals surface area contributed by atoms with Crippen molar-refractivity contribution in [2.45, 2.75) is 19.1 Å². The molecule has 3 rings (SSSR count). The Bertz CT molecular complexity index is 827. The summed E-state index contributed by atoms with van der Waals surface area (Å²) >= 11 is 0. The summed E-state index contributed by atoms with van der Waals surface area (Å²) in [7, 11) is 0. The number of nitrogens with one attached hydrogen (secondary N) is 1. The van der Waals surface area contributed by atoms with Crippen LogP contribution in [-0.4, -0.2) is 76.9 Å². The Morgan fingerprint density at radius 3 is 2.35 bits per heavy atom. The Morgan fingerprint density at radius 1 is 1.00 bits per heavy atom. The number of halogens is 4. The summed E-state index contributed by atoms with van der Waals surface area (Å²) in [4.78, 5) is 17.0. The van der Waals surface area contributed by atoms with E-state index in [2.05, 4.69) is 34.8 Å². The number of benzene rings is 1. The summed E-state index contributed by atoms with van der Waals surface area (Å²) < 4.78 is 53.8. The lowest BCUT2D eigenvalue weighted by atomic mass is 10.3. The average Bonchev–Trinajstić information content (AvgIpc) is 2.69. The zero-order valence-electron chi connectivity index (χ0n) is 16.9. The lowest BCUT2D eigenvalue weighted by molar-refractivity contribution is -0.174. The van der Waals surface area contributed by atoms with Gasteiger partial charge in [0.2, 0.25) is 11.9 Å². The molecule has 1 fully saturated rings. The SMILES string of the molecule is Nc1nc(CN2CCN(CCCOCC(F)(F)F)CC2)nc(Nc2ccc(F)cc2)n1. The molecule has 2 heterocycles. The molecule has 2 aromatic rings. The second kappa shape index (κ2) is 10.6. The molecule has 0 spiro atoms. The van der Waals surface area contributed by atoms with Gasteiger partial charge in [0.15, 0.2) is 0 Å². The molecule has 0 unspecified atom stereocenters. The minimum atomic E-state index is -4.28. The summed E-state index contributed by atoms with van der Waals surface area (Å²) in [6.07, 6.45) is -3.73. The third-order valence-electron chi connectivity index (χ3n) is 4.66. The minimum Gasteiger partial charge on any atom is -0.372 e. The fourth-order valence-corrected chi connectivity index (χ4v) is 3.18. The molecule has 0 bridgehead atoms. The van der Waals surface area contributed by atoms with Crippen molar-refractivity contribution in [3.05, 3.63) is 35.9 Å². The predicted molar refractivity (Wildman–Crippen MR) is 107 cm³/mol. The van der Waals surface area contributed by atoms with Gasteiger partial charge in [-0.05, 0) is 30.7 Å². The van der Waals surface area contributed by atoms with Crippen molar-refractivity contribution in [2.24, 2.45) is 0 Å². The first-order chi connectivity index (χ1) is 14.8. The van der Waals surface area contributed by atoms with Crippen LogP contribution in [0.1, 0.15) is 12.2 Å². The highest BCUT2D eigenvalue weighted by Crippen LogP contribution is 2.16. The number of rotatable bonds is 9. The number of hydrogen-bond acceptors (Lipinski definition) is 8. The number of piperazine rings is 1. The Labute approximate surface area is 177 Å². The Kier molecular flexibility index (Phi) is 7.93. The van der Waals surface area contributed by atoms with Crippen LogP contribution in [0.4, 0.5) is 35.1 Å². The number of anilines is 3. The van der Waals surface area contributed by atoms with Crippen LogP contribution >= 0.6 is 0 Å². The van der Waals surface area contributed by atoms with Crippen LogP contribution in [-0.2, 0) is 11.3 Å². The minimum absolute atomic E-state index is 0.0899. The first-order valence-corrected chi connectivity index (χ1v) is 9.89. The number of alkyl halides is 3. The van der Waals surface area contributed by atoms with Gasteiger partial charge in [-0.1, -0.05) is 0 Å². The predicted octanol–water partition coefficient (Wildman–Crippen LogP) is 2.42. The zero-order valence-corrected chi connectivity index (χ0v) is 16.9. The maximum Gasteiger partial charge on any atom is 0.411 e. The van der Waals surface area contributed by atoms with E-state index in [1.165, 1.54) is 12.1 Å². The number of nitrogens with two attached hydrogens (primary N) is 1. The van der Waals surface area contributed by atoms with E-state index in [1.54, 1.807) is 12.1 Å². The number of ether oxygens (including phenoxy) is 1. The highest BCUT2D eigenvalue weighted by Gasteiger charge is 2.27. The average molecular weight is 443 g/mol. The van der Waals surface area contributed by atoms with E-state index < -0.39 is 12.8 Å². The second-order valence-corrected chi connectivity index (χ2v) is 7.20. The van der Waals surface area contributed by atoms with E-state index >= 15 is 0 Å². The maximum absolute atomic E-state index is 13.0. The molecule has 0 atom stereocenters. The van der Waals surface area contributed by atoms with Gasteiger partial charge >= 0.3 is 6.18 Å². The van der Waals surface area contributed by atoms with Crippen molar-refractivity contribution >= 4 is 17.6 Å². The number of nitrogens with zero attached hydrogens (tertiary/aromatic N) is 5. The topological polar surface area (TPSA) is 92.4 Å². The third-order valence-corrected chi connectivity index (χ3v) is 4.66. The fraction of sp³-hybridized carbons (Fsp3) is 0.526. The summed E-state index contributed by atoms with van der Waals surface area (Å²) in [5, 5.41) is 2.98. The molecule has 0 radical (unpaired) electrons. The van der Waals surface area contributed by atoms with Gasteiger partial charge in [-0.2, -0.15) is 28.1 Å². The van der Waals surface area contributed by atoms with Crippen LogP contribution in [0, 0.1) is 5.82 Å². The highest BCUT2D eigenvalue weighted by atomic mass is 19.4. The summed E-state index contributed by atoms with van der Waals surface area (Å²) in [6.45, 7) is 3.21. The molecule has 1 aromatic heterocycles. The van der Waals surface area contributed by atoms with Gasteiger partial charge in [-0.15, -0.1) is 0 Å². The molecule has 1 aromatic carbocycles. The molecule has 1 aliphatic heterocycles. The molecule has 1 aliphatic rings. The van der Waals surface area contributed by atoms with Crippen LogP contribution in [0.5, 0.6) is 0 Å². The molecule has 0 aliphatic carbocycles.